The van der Waals surface area contributed by atoms with Crippen LogP contribution in [0.5, 0.6) is 0 Å². The van der Waals surface area contributed by atoms with Crippen molar-refractivity contribution in [3.63, 3.8) is 0 Å². The van der Waals surface area contributed by atoms with Gasteiger partial charge < -0.3 is 10.4 Å². The van der Waals surface area contributed by atoms with Crippen LogP contribution in [0.3, 0.4) is 0 Å². The Morgan fingerprint density at radius 1 is 1.25 bits per heavy atom. The number of nitrogens with zero attached hydrogens (tertiary/aromatic N) is 1. The Morgan fingerprint density at radius 2 is 2.00 bits per heavy atom. The van der Waals surface area contributed by atoms with Crippen LogP contribution in [-0.2, 0) is 4.79 Å². The minimum absolute atomic E-state index is 0.0154. The van der Waals surface area contributed by atoms with Crippen molar-refractivity contribution in [1.29, 1.82) is 0 Å². The normalized spacial score (nSPS) is 10.8. The number of carbonyl (C=O) groups excluding carboxylic acids is 1. The average molecular weight is 278 g/mol. The van der Waals surface area contributed by atoms with E-state index in [-0.39, 0.29) is 12.5 Å². The van der Waals surface area contributed by atoms with Crippen LogP contribution in [0.1, 0.15) is 30.4 Å². The highest BCUT2D eigenvalue weighted by Gasteiger charge is 2.08. The molecule has 4 nitrogen and oxygen atoms in total. The molecular formula is C16H26N2O2. The highest BCUT2D eigenvalue weighted by molar-refractivity contribution is 5.92. The summed E-state index contributed by atoms with van der Waals surface area (Å²) in [6.45, 7) is 5.56. The van der Waals surface area contributed by atoms with Crippen molar-refractivity contribution in [2.75, 3.05) is 32.1 Å². The third kappa shape index (κ3) is 6.17. The first kappa shape index (κ1) is 16.7. The molecule has 1 aromatic carbocycles. The molecule has 4 heteroatoms. The summed E-state index contributed by atoms with van der Waals surface area (Å²) in [5.74, 6) is 0.0154. The predicted octanol–water partition coefficient (Wildman–Crippen LogP) is 2.34. The maximum absolute atomic E-state index is 12.0. The van der Waals surface area contributed by atoms with Crippen LogP contribution in [0.25, 0.3) is 0 Å². The van der Waals surface area contributed by atoms with Gasteiger partial charge in [-0.15, -0.1) is 0 Å². The van der Waals surface area contributed by atoms with Gasteiger partial charge in [-0.3, -0.25) is 9.69 Å². The Kier molecular flexibility index (Phi) is 7.26. The van der Waals surface area contributed by atoms with Gasteiger partial charge in [-0.25, -0.2) is 0 Å². The standard InChI is InChI=1S/C16H26N2O2/c1-13-7-8-15(14(2)11-13)17-16(20)12-18(3)9-5-4-6-10-19/h7-8,11,19H,4-6,9-10,12H2,1-3H3,(H,17,20). The highest BCUT2D eigenvalue weighted by Crippen LogP contribution is 2.15. The lowest BCUT2D eigenvalue weighted by Gasteiger charge is -2.16. The summed E-state index contributed by atoms with van der Waals surface area (Å²) in [5, 5.41) is 11.7. The van der Waals surface area contributed by atoms with Crippen LogP contribution in [0.15, 0.2) is 18.2 Å². The van der Waals surface area contributed by atoms with Crippen LogP contribution >= 0.6 is 0 Å². The fourth-order valence-electron chi connectivity index (χ4n) is 2.14. The van der Waals surface area contributed by atoms with Gasteiger partial charge in [0.15, 0.2) is 0 Å². The van der Waals surface area contributed by atoms with Crippen molar-refractivity contribution >= 4 is 11.6 Å². The summed E-state index contributed by atoms with van der Waals surface area (Å²) >= 11 is 0. The zero-order chi connectivity index (χ0) is 15.0. The lowest BCUT2D eigenvalue weighted by Crippen LogP contribution is -2.31. The zero-order valence-corrected chi connectivity index (χ0v) is 12.8. The molecule has 0 spiro atoms. The topological polar surface area (TPSA) is 52.6 Å². The van der Waals surface area contributed by atoms with E-state index in [4.69, 9.17) is 5.11 Å². The van der Waals surface area contributed by atoms with Gasteiger partial charge in [0.2, 0.25) is 5.91 Å². The second kappa shape index (κ2) is 8.72. The summed E-state index contributed by atoms with van der Waals surface area (Å²) in [6, 6.07) is 6.01. The van der Waals surface area contributed by atoms with E-state index in [9.17, 15) is 4.79 Å². The van der Waals surface area contributed by atoms with E-state index in [2.05, 4.69) is 11.4 Å². The molecule has 1 amide bonds. The molecule has 0 aliphatic carbocycles. The first-order chi connectivity index (χ1) is 9.52. The van der Waals surface area contributed by atoms with Crippen LogP contribution < -0.4 is 5.32 Å². The molecule has 0 heterocycles. The number of hydrogen-bond donors (Lipinski definition) is 2. The molecule has 20 heavy (non-hydrogen) atoms. The second-order valence-corrected chi connectivity index (χ2v) is 5.39. The van der Waals surface area contributed by atoms with Gasteiger partial charge in [0.05, 0.1) is 6.54 Å². The van der Waals surface area contributed by atoms with E-state index in [0.29, 0.717) is 6.54 Å². The molecule has 0 bridgehead atoms. The number of carbonyl (C=O) groups is 1. The lowest BCUT2D eigenvalue weighted by molar-refractivity contribution is -0.117. The van der Waals surface area contributed by atoms with Crippen molar-refractivity contribution in [1.82, 2.24) is 4.90 Å². The zero-order valence-electron chi connectivity index (χ0n) is 12.8. The molecule has 0 saturated heterocycles. The number of amides is 1. The number of hydrogen-bond acceptors (Lipinski definition) is 3. The molecule has 112 valence electrons. The maximum Gasteiger partial charge on any atom is 0.238 e. The number of likely N-dealkylation sites (N-methyl/N-ethyl adjacent to an activating group) is 1. The molecule has 0 unspecified atom stereocenters. The minimum Gasteiger partial charge on any atom is -0.396 e. The number of aliphatic hydroxyl groups excluding tert-OH is 1. The lowest BCUT2D eigenvalue weighted by atomic mass is 10.1. The number of anilines is 1. The minimum atomic E-state index is 0.0154. The number of nitrogens with one attached hydrogen (secondary N) is 1. The fourth-order valence-corrected chi connectivity index (χ4v) is 2.14. The Balaban J connectivity index is 2.35. The largest absolute Gasteiger partial charge is 0.396 e. The molecule has 0 aliphatic heterocycles. The number of aryl methyl sites for hydroxylation is 2. The van der Waals surface area contributed by atoms with Crippen molar-refractivity contribution in [2.45, 2.75) is 33.1 Å². The molecular weight excluding hydrogens is 252 g/mol. The quantitative estimate of drug-likeness (QED) is 0.718. The number of benzene rings is 1. The first-order valence-corrected chi connectivity index (χ1v) is 7.19. The van der Waals surface area contributed by atoms with E-state index in [1.165, 1.54) is 5.56 Å². The summed E-state index contributed by atoms with van der Waals surface area (Å²) in [4.78, 5) is 14.0. The summed E-state index contributed by atoms with van der Waals surface area (Å²) in [6.07, 6.45) is 2.84. The van der Waals surface area contributed by atoms with E-state index < -0.39 is 0 Å². The van der Waals surface area contributed by atoms with Crippen molar-refractivity contribution in [3.8, 4) is 0 Å². The summed E-state index contributed by atoms with van der Waals surface area (Å²) in [5.41, 5.74) is 3.17. The number of unbranched alkanes of at least 4 members (excludes halogenated alkanes) is 2. The molecule has 0 fully saturated rings. The van der Waals surface area contributed by atoms with E-state index in [1.54, 1.807) is 0 Å². The second-order valence-electron chi connectivity index (χ2n) is 5.39. The summed E-state index contributed by atoms with van der Waals surface area (Å²) in [7, 11) is 1.94. The highest BCUT2D eigenvalue weighted by atomic mass is 16.2. The van der Waals surface area contributed by atoms with Crippen LogP contribution in [0, 0.1) is 13.8 Å². The molecule has 1 rings (SSSR count). The molecule has 2 N–H and O–H groups in total. The Bertz CT molecular complexity index is 432. The van der Waals surface area contributed by atoms with E-state index >= 15 is 0 Å². The molecule has 1 aromatic rings. The van der Waals surface area contributed by atoms with Crippen molar-refractivity contribution in [2.24, 2.45) is 0 Å². The van der Waals surface area contributed by atoms with Crippen LogP contribution in [0.4, 0.5) is 5.69 Å². The van der Waals surface area contributed by atoms with E-state index in [0.717, 1.165) is 37.1 Å². The third-order valence-corrected chi connectivity index (χ3v) is 3.27. The van der Waals surface area contributed by atoms with Crippen molar-refractivity contribution in [3.05, 3.63) is 29.3 Å². The smallest absolute Gasteiger partial charge is 0.238 e. The SMILES string of the molecule is Cc1ccc(NC(=O)CN(C)CCCCCO)c(C)c1. The van der Waals surface area contributed by atoms with Gasteiger partial charge in [-0.2, -0.15) is 0 Å². The van der Waals surface area contributed by atoms with Gasteiger partial charge in [0.1, 0.15) is 0 Å². The molecule has 0 aromatic heterocycles. The fraction of sp³-hybridized carbons (Fsp3) is 0.562. The number of aliphatic hydroxyl groups is 1. The molecule has 0 radical (unpaired) electrons. The Hall–Kier alpha value is -1.39. The van der Waals surface area contributed by atoms with E-state index in [1.807, 2.05) is 37.9 Å². The third-order valence-electron chi connectivity index (χ3n) is 3.27. The Labute approximate surface area is 121 Å². The van der Waals surface area contributed by atoms with Crippen LogP contribution in [-0.4, -0.2) is 42.7 Å². The summed E-state index contributed by atoms with van der Waals surface area (Å²) < 4.78 is 0. The average Bonchev–Trinajstić information content (AvgIpc) is 2.38. The predicted molar refractivity (Wildman–Crippen MR) is 83.0 cm³/mol. The van der Waals surface area contributed by atoms with Crippen molar-refractivity contribution < 1.29 is 9.90 Å². The molecule has 0 saturated carbocycles. The van der Waals surface area contributed by atoms with Gasteiger partial charge in [0, 0.05) is 12.3 Å². The van der Waals surface area contributed by atoms with Gasteiger partial charge >= 0.3 is 0 Å². The molecule has 0 atom stereocenters. The first-order valence-electron chi connectivity index (χ1n) is 7.19. The van der Waals surface area contributed by atoms with Crippen LogP contribution in [0.2, 0.25) is 0 Å². The van der Waals surface area contributed by atoms with Gasteiger partial charge in [-0.1, -0.05) is 17.7 Å². The van der Waals surface area contributed by atoms with Gasteiger partial charge in [0.25, 0.3) is 0 Å². The molecule has 0 aliphatic rings. The number of rotatable bonds is 8. The van der Waals surface area contributed by atoms with Gasteiger partial charge in [-0.05, 0) is 58.3 Å². The maximum atomic E-state index is 12.0. The Morgan fingerprint density at radius 3 is 2.65 bits per heavy atom. The monoisotopic (exact) mass is 278 g/mol.